The highest BCUT2D eigenvalue weighted by molar-refractivity contribution is 6.12. The second-order valence-electron chi connectivity index (χ2n) is 7.46. The Morgan fingerprint density at radius 3 is 2.75 bits per heavy atom. The fourth-order valence-electron chi connectivity index (χ4n) is 3.78. The molecule has 0 bridgehead atoms. The minimum absolute atomic E-state index is 0.270. The van der Waals surface area contributed by atoms with E-state index in [9.17, 15) is 13.6 Å². The number of amides is 1. The molecular weight excluding hydrogens is 362 g/mol. The second-order valence-corrected chi connectivity index (χ2v) is 7.46. The van der Waals surface area contributed by atoms with Gasteiger partial charge in [-0.15, -0.1) is 0 Å². The van der Waals surface area contributed by atoms with Crippen molar-refractivity contribution in [3.63, 3.8) is 0 Å². The molecule has 1 fully saturated rings. The molecule has 7 heteroatoms. The van der Waals surface area contributed by atoms with Crippen molar-refractivity contribution in [1.29, 1.82) is 0 Å². The Bertz CT molecular complexity index is 944. The first-order chi connectivity index (χ1) is 13.4. The largest absolute Gasteiger partial charge is 0.368 e. The van der Waals surface area contributed by atoms with Crippen molar-refractivity contribution < 1.29 is 13.6 Å². The molecule has 0 aromatic heterocycles. The van der Waals surface area contributed by atoms with Crippen LogP contribution in [0.15, 0.2) is 41.4 Å². The molecule has 146 valence electrons. The number of hydrogen-bond donors (Lipinski definition) is 1. The number of anilines is 2. The lowest BCUT2D eigenvalue weighted by Gasteiger charge is -2.22. The summed E-state index contributed by atoms with van der Waals surface area (Å²) in [6, 6.07) is 9.44. The molecule has 28 heavy (non-hydrogen) atoms. The molecule has 2 unspecified atom stereocenters. The molecule has 0 saturated carbocycles. The zero-order valence-electron chi connectivity index (χ0n) is 15.8. The molecule has 1 amide bonds. The van der Waals surface area contributed by atoms with Gasteiger partial charge >= 0.3 is 0 Å². The third-order valence-electron chi connectivity index (χ3n) is 5.43. The summed E-state index contributed by atoms with van der Waals surface area (Å²) in [5.74, 6) is -1.62. The average Bonchev–Trinajstić information content (AvgIpc) is 3.24. The maximum Gasteiger partial charge on any atom is 0.237 e. The number of carbonyl (C=O) groups is 1. The maximum absolute atomic E-state index is 14.6. The van der Waals surface area contributed by atoms with Crippen LogP contribution in [0.4, 0.5) is 25.8 Å². The maximum atomic E-state index is 14.6. The van der Waals surface area contributed by atoms with Crippen molar-refractivity contribution in [2.45, 2.75) is 18.4 Å². The van der Waals surface area contributed by atoms with Gasteiger partial charge in [0.15, 0.2) is 0 Å². The van der Waals surface area contributed by atoms with E-state index in [0.29, 0.717) is 28.7 Å². The monoisotopic (exact) mass is 384 g/mol. The molecule has 1 N–H and O–H groups in total. The average molecular weight is 384 g/mol. The van der Waals surface area contributed by atoms with Gasteiger partial charge in [-0.1, -0.05) is 6.07 Å². The van der Waals surface area contributed by atoms with E-state index in [1.807, 2.05) is 19.0 Å². The van der Waals surface area contributed by atoms with Crippen LogP contribution >= 0.6 is 0 Å². The van der Waals surface area contributed by atoms with E-state index in [1.165, 1.54) is 24.4 Å². The van der Waals surface area contributed by atoms with E-state index in [2.05, 4.69) is 15.2 Å². The number of fused-ring (bicyclic) bond motifs is 1. The van der Waals surface area contributed by atoms with Gasteiger partial charge in [0, 0.05) is 37.1 Å². The number of nitrogens with zero attached hydrogens (tertiary/aromatic N) is 3. The van der Waals surface area contributed by atoms with E-state index in [0.717, 1.165) is 19.5 Å². The van der Waals surface area contributed by atoms with Gasteiger partial charge in [0.25, 0.3) is 0 Å². The molecule has 2 atom stereocenters. The van der Waals surface area contributed by atoms with Gasteiger partial charge in [0.05, 0.1) is 11.4 Å². The Kier molecular flexibility index (Phi) is 4.85. The van der Waals surface area contributed by atoms with Gasteiger partial charge in [0.1, 0.15) is 17.6 Å². The Labute approximate surface area is 162 Å². The fraction of sp³-hybridized carbons (Fsp3) is 0.333. The van der Waals surface area contributed by atoms with Crippen LogP contribution in [0, 0.1) is 11.6 Å². The van der Waals surface area contributed by atoms with E-state index in [-0.39, 0.29) is 11.7 Å². The van der Waals surface area contributed by atoms with Crippen molar-refractivity contribution in [3.05, 3.63) is 53.6 Å². The first-order valence-electron chi connectivity index (χ1n) is 9.28. The van der Waals surface area contributed by atoms with Crippen LogP contribution in [-0.2, 0) is 4.79 Å². The van der Waals surface area contributed by atoms with Gasteiger partial charge in [-0.05, 0) is 50.3 Å². The topological polar surface area (TPSA) is 47.9 Å². The van der Waals surface area contributed by atoms with Crippen molar-refractivity contribution in [3.8, 4) is 0 Å². The summed E-state index contributed by atoms with van der Waals surface area (Å²) >= 11 is 0. The Balaban J connectivity index is 1.51. The second kappa shape index (κ2) is 7.31. The Morgan fingerprint density at radius 1 is 1.21 bits per heavy atom. The molecule has 2 aromatic carbocycles. The molecule has 2 aromatic rings. The molecule has 1 saturated heterocycles. The van der Waals surface area contributed by atoms with Crippen LogP contribution in [0.5, 0.6) is 0 Å². The smallest absolute Gasteiger partial charge is 0.237 e. The summed E-state index contributed by atoms with van der Waals surface area (Å²) in [7, 11) is 4.07. The molecule has 2 aliphatic heterocycles. The zero-order valence-corrected chi connectivity index (χ0v) is 15.8. The Hall–Kier alpha value is -2.80. The molecule has 0 spiro atoms. The number of carbonyl (C=O) groups excluding carboxylic acids is 1. The summed E-state index contributed by atoms with van der Waals surface area (Å²) < 4.78 is 28.0. The van der Waals surface area contributed by atoms with Crippen LogP contribution in [0.1, 0.15) is 17.9 Å². The van der Waals surface area contributed by atoms with Crippen LogP contribution < -0.4 is 10.2 Å². The minimum atomic E-state index is -0.613. The van der Waals surface area contributed by atoms with Crippen LogP contribution in [0.2, 0.25) is 0 Å². The quantitative estimate of drug-likeness (QED) is 0.821. The lowest BCUT2D eigenvalue weighted by Crippen LogP contribution is -2.31. The lowest BCUT2D eigenvalue weighted by atomic mass is 10.0. The summed E-state index contributed by atoms with van der Waals surface area (Å²) in [4.78, 5) is 20.6. The number of halogens is 2. The highest BCUT2D eigenvalue weighted by Crippen LogP contribution is 2.33. The van der Waals surface area contributed by atoms with Gasteiger partial charge in [-0.25, -0.2) is 8.78 Å². The molecule has 2 aliphatic rings. The first kappa shape index (κ1) is 18.6. The van der Waals surface area contributed by atoms with Crippen LogP contribution in [-0.4, -0.2) is 50.2 Å². The van der Waals surface area contributed by atoms with Gasteiger partial charge in [0.2, 0.25) is 5.91 Å². The minimum Gasteiger partial charge on any atom is -0.368 e. The standard InChI is InChI=1S/C21H22F2N4O/c1-26(2)15-7-8-27(12-15)20-6-4-14(10-18(20)23)24-11-17-16-5-3-13(22)9-19(16)25-21(17)28/h3-6,9-11,15,17H,7-8,12H2,1-2H3,(H,25,28). The number of rotatable bonds is 4. The third kappa shape index (κ3) is 3.49. The van der Waals surface area contributed by atoms with Crippen LogP contribution in [0.25, 0.3) is 0 Å². The molecule has 0 radical (unpaired) electrons. The van der Waals surface area contributed by atoms with E-state index in [1.54, 1.807) is 18.2 Å². The van der Waals surface area contributed by atoms with Gasteiger partial charge in [-0.3, -0.25) is 9.79 Å². The molecular formula is C21H22F2N4O. The predicted octanol–water partition coefficient (Wildman–Crippen LogP) is 3.54. The van der Waals surface area contributed by atoms with E-state index < -0.39 is 11.7 Å². The summed E-state index contributed by atoms with van der Waals surface area (Å²) in [5.41, 5.74) is 2.13. The number of benzene rings is 2. The SMILES string of the molecule is CN(C)C1CCN(c2ccc(N=CC3C(=O)Nc4cc(F)ccc43)cc2F)C1. The third-order valence-corrected chi connectivity index (χ3v) is 5.43. The van der Waals surface area contributed by atoms with Crippen molar-refractivity contribution in [2.75, 3.05) is 37.4 Å². The summed E-state index contributed by atoms with van der Waals surface area (Å²) in [5, 5.41) is 2.64. The zero-order chi connectivity index (χ0) is 19.8. The summed E-state index contributed by atoms with van der Waals surface area (Å²) in [6.45, 7) is 1.61. The number of hydrogen-bond acceptors (Lipinski definition) is 4. The number of likely N-dealkylation sites (N-methyl/N-ethyl adjacent to an activating group) is 1. The lowest BCUT2D eigenvalue weighted by molar-refractivity contribution is -0.115. The number of nitrogens with one attached hydrogen (secondary N) is 1. The van der Waals surface area contributed by atoms with E-state index >= 15 is 0 Å². The molecule has 4 rings (SSSR count). The molecule has 2 heterocycles. The first-order valence-corrected chi connectivity index (χ1v) is 9.28. The predicted molar refractivity (Wildman–Crippen MR) is 107 cm³/mol. The van der Waals surface area contributed by atoms with Crippen molar-refractivity contribution >= 4 is 29.2 Å². The fourth-order valence-corrected chi connectivity index (χ4v) is 3.78. The van der Waals surface area contributed by atoms with Crippen molar-refractivity contribution in [1.82, 2.24) is 4.90 Å². The van der Waals surface area contributed by atoms with E-state index in [4.69, 9.17) is 0 Å². The molecule has 0 aliphatic carbocycles. The summed E-state index contributed by atoms with van der Waals surface area (Å²) in [6.07, 6.45) is 2.48. The normalized spacial score (nSPS) is 21.6. The Morgan fingerprint density at radius 2 is 2.04 bits per heavy atom. The molecule has 5 nitrogen and oxygen atoms in total. The highest BCUT2D eigenvalue weighted by atomic mass is 19.1. The highest BCUT2D eigenvalue weighted by Gasteiger charge is 2.29. The van der Waals surface area contributed by atoms with Crippen LogP contribution in [0.3, 0.4) is 0 Å². The number of aliphatic imine (C=N–C) groups is 1. The van der Waals surface area contributed by atoms with Crippen molar-refractivity contribution in [2.24, 2.45) is 4.99 Å². The van der Waals surface area contributed by atoms with Gasteiger partial charge in [-0.2, -0.15) is 0 Å². The van der Waals surface area contributed by atoms with Gasteiger partial charge < -0.3 is 15.1 Å².